The Labute approximate surface area is 87.4 Å². The van der Waals surface area contributed by atoms with Crippen LogP contribution in [0.5, 0.6) is 0 Å². The number of hydrogen-bond donors (Lipinski definition) is 2. The van der Waals surface area contributed by atoms with E-state index in [1.54, 1.807) is 18.2 Å². The van der Waals surface area contributed by atoms with E-state index in [1.807, 2.05) is 0 Å². The third-order valence-corrected chi connectivity index (χ3v) is 2.20. The smallest absolute Gasteiger partial charge is 0.254 e. The fourth-order valence-corrected chi connectivity index (χ4v) is 1.39. The second-order valence-corrected chi connectivity index (χ2v) is 3.09. The lowest BCUT2D eigenvalue weighted by Crippen LogP contribution is -2.37. The minimum Gasteiger partial charge on any atom is -0.254 e. The Morgan fingerprint density at radius 2 is 1.93 bits per heavy atom. The highest BCUT2D eigenvalue weighted by Gasteiger charge is 2.38. The minimum atomic E-state index is -3.00. The van der Waals surface area contributed by atoms with Crippen LogP contribution >= 0.6 is 12.8 Å². The number of alkyl halides is 2. The molecule has 0 radical (unpaired) electrons. The molecule has 0 saturated carbocycles. The van der Waals surface area contributed by atoms with Crippen LogP contribution in [0.3, 0.4) is 0 Å². The van der Waals surface area contributed by atoms with Gasteiger partial charge in [0.2, 0.25) is 0 Å². The second kappa shape index (κ2) is 4.57. The summed E-state index contributed by atoms with van der Waals surface area (Å²) in [5.41, 5.74) is -0.0496. The van der Waals surface area contributed by atoms with Crippen LogP contribution in [0.25, 0.3) is 0 Å². The highest BCUT2D eigenvalue weighted by molar-refractivity contribution is 7.78. The maximum absolute atomic E-state index is 13.6. The first-order chi connectivity index (χ1) is 6.62. The van der Waals surface area contributed by atoms with Crippen LogP contribution in [0.15, 0.2) is 43.0 Å². The van der Waals surface area contributed by atoms with E-state index in [2.05, 4.69) is 24.1 Å². The van der Waals surface area contributed by atoms with E-state index >= 15 is 0 Å². The summed E-state index contributed by atoms with van der Waals surface area (Å²) in [4.78, 5) is 0. The molecular formula is C10H11F2NS. The van der Waals surface area contributed by atoms with Gasteiger partial charge in [-0.3, -0.25) is 4.72 Å². The van der Waals surface area contributed by atoms with Crippen molar-refractivity contribution in [2.45, 2.75) is 12.0 Å². The van der Waals surface area contributed by atoms with E-state index in [9.17, 15) is 8.78 Å². The summed E-state index contributed by atoms with van der Waals surface area (Å²) in [6.07, 6.45) is 1.14. The zero-order valence-corrected chi connectivity index (χ0v) is 8.35. The van der Waals surface area contributed by atoms with Crippen molar-refractivity contribution in [1.29, 1.82) is 0 Å². The van der Waals surface area contributed by atoms with Crippen LogP contribution in [0.1, 0.15) is 5.56 Å². The Morgan fingerprint density at radius 3 is 2.36 bits per heavy atom. The average Bonchev–Trinajstić information content (AvgIpc) is 2.20. The average molecular weight is 215 g/mol. The molecule has 76 valence electrons. The quantitative estimate of drug-likeness (QED) is 0.581. The van der Waals surface area contributed by atoms with E-state index in [0.717, 1.165) is 6.08 Å². The molecule has 0 unspecified atom stereocenters. The number of nitrogens with one attached hydrogen (secondary N) is 1. The van der Waals surface area contributed by atoms with Crippen molar-refractivity contribution < 1.29 is 8.78 Å². The number of thiol groups is 1. The lowest BCUT2D eigenvalue weighted by atomic mass is 10.0. The van der Waals surface area contributed by atoms with E-state index < -0.39 is 12.0 Å². The molecule has 14 heavy (non-hydrogen) atoms. The van der Waals surface area contributed by atoms with Crippen molar-refractivity contribution in [3.63, 3.8) is 0 Å². The van der Waals surface area contributed by atoms with Crippen molar-refractivity contribution >= 4 is 12.8 Å². The Kier molecular flexibility index (Phi) is 3.66. The third kappa shape index (κ3) is 2.13. The molecule has 1 aromatic carbocycles. The van der Waals surface area contributed by atoms with E-state index in [0.29, 0.717) is 0 Å². The topological polar surface area (TPSA) is 12.0 Å². The monoisotopic (exact) mass is 215 g/mol. The molecule has 4 heteroatoms. The summed E-state index contributed by atoms with van der Waals surface area (Å²) in [7, 11) is 0. The molecule has 1 rings (SSSR count). The van der Waals surface area contributed by atoms with Gasteiger partial charge < -0.3 is 0 Å². The van der Waals surface area contributed by atoms with Gasteiger partial charge in [-0.1, -0.05) is 49.2 Å². The Balaban J connectivity index is 3.00. The zero-order valence-electron chi connectivity index (χ0n) is 7.45. The van der Waals surface area contributed by atoms with Gasteiger partial charge in [-0.25, -0.2) is 0 Å². The minimum absolute atomic E-state index is 0.0496. The van der Waals surface area contributed by atoms with Gasteiger partial charge in [-0.2, -0.15) is 8.78 Å². The summed E-state index contributed by atoms with van der Waals surface area (Å²) in [5.74, 6) is -3.00. The molecule has 0 fully saturated rings. The highest BCUT2D eigenvalue weighted by Crippen LogP contribution is 2.32. The highest BCUT2D eigenvalue weighted by atomic mass is 32.1. The summed E-state index contributed by atoms with van der Waals surface area (Å²) in [6.45, 7) is 3.33. The maximum atomic E-state index is 13.6. The number of halogens is 2. The Bertz CT molecular complexity index is 300. The maximum Gasteiger partial charge on any atom is 0.292 e. The zero-order chi connectivity index (χ0) is 10.6. The van der Waals surface area contributed by atoms with Crippen molar-refractivity contribution in [1.82, 2.24) is 4.72 Å². The normalized spacial score (nSPS) is 13.6. The second-order valence-electron chi connectivity index (χ2n) is 2.83. The van der Waals surface area contributed by atoms with Crippen LogP contribution < -0.4 is 4.72 Å². The summed E-state index contributed by atoms with van der Waals surface area (Å²) in [5, 5.41) is 0. The van der Waals surface area contributed by atoms with Crippen LogP contribution in [-0.4, -0.2) is 6.04 Å². The molecule has 0 aliphatic rings. The van der Waals surface area contributed by atoms with Crippen LogP contribution in [0.2, 0.25) is 0 Å². The van der Waals surface area contributed by atoms with Crippen molar-refractivity contribution in [3.05, 3.63) is 48.6 Å². The molecule has 0 saturated heterocycles. The molecule has 0 bridgehead atoms. The molecule has 0 heterocycles. The van der Waals surface area contributed by atoms with Gasteiger partial charge in [0.1, 0.15) is 6.04 Å². The van der Waals surface area contributed by atoms with Gasteiger partial charge in [0.05, 0.1) is 0 Å². The first-order valence-electron chi connectivity index (χ1n) is 4.08. The molecule has 1 atom stereocenters. The molecule has 1 nitrogen and oxygen atoms in total. The summed E-state index contributed by atoms with van der Waals surface area (Å²) < 4.78 is 29.5. The first-order valence-corrected chi connectivity index (χ1v) is 4.53. The Hall–Kier alpha value is -0.870. The van der Waals surface area contributed by atoms with Gasteiger partial charge in [0, 0.05) is 5.56 Å². The fourth-order valence-electron chi connectivity index (χ4n) is 1.12. The Morgan fingerprint density at radius 1 is 1.36 bits per heavy atom. The SMILES string of the molecule is C=C[C@@H](NS)C(F)(F)c1ccccc1. The molecule has 0 spiro atoms. The lowest BCUT2D eigenvalue weighted by molar-refractivity contribution is -0.0208. The number of benzene rings is 1. The van der Waals surface area contributed by atoms with E-state index in [-0.39, 0.29) is 5.56 Å². The fraction of sp³-hybridized carbons (Fsp3) is 0.200. The standard InChI is InChI=1S/C10H11F2NS/c1-2-9(13-14)10(11,12)8-6-4-3-5-7-8/h2-7,9,13-14H,1H2/t9-/m1/s1. The van der Waals surface area contributed by atoms with Crippen LogP contribution in [0, 0.1) is 0 Å². The summed E-state index contributed by atoms with van der Waals surface area (Å²) >= 11 is 3.64. The van der Waals surface area contributed by atoms with Crippen LogP contribution in [0.4, 0.5) is 8.78 Å². The summed E-state index contributed by atoms with van der Waals surface area (Å²) in [6, 6.07) is 6.41. The molecule has 0 amide bonds. The third-order valence-electron chi connectivity index (χ3n) is 1.92. The number of hydrogen-bond acceptors (Lipinski definition) is 2. The molecule has 0 aromatic heterocycles. The van der Waals surface area contributed by atoms with Gasteiger partial charge in [-0.05, 0) is 0 Å². The molecular weight excluding hydrogens is 204 g/mol. The molecule has 0 aliphatic heterocycles. The van der Waals surface area contributed by atoms with Gasteiger partial charge in [-0.15, -0.1) is 6.58 Å². The van der Waals surface area contributed by atoms with Gasteiger partial charge >= 0.3 is 0 Å². The van der Waals surface area contributed by atoms with Crippen molar-refractivity contribution in [2.75, 3.05) is 0 Å². The van der Waals surface area contributed by atoms with Gasteiger partial charge in [0.25, 0.3) is 5.92 Å². The van der Waals surface area contributed by atoms with Crippen LogP contribution in [-0.2, 0) is 5.92 Å². The first kappa shape index (κ1) is 11.2. The molecule has 1 aromatic rings. The largest absolute Gasteiger partial charge is 0.292 e. The van der Waals surface area contributed by atoms with Crippen molar-refractivity contribution in [2.24, 2.45) is 0 Å². The predicted molar refractivity (Wildman–Crippen MR) is 56.4 cm³/mol. The molecule has 1 N–H and O–H groups in total. The lowest BCUT2D eigenvalue weighted by Gasteiger charge is -2.23. The number of rotatable bonds is 4. The molecule has 0 aliphatic carbocycles. The van der Waals surface area contributed by atoms with Crippen molar-refractivity contribution in [3.8, 4) is 0 Å². The predicted octanol–water partition coefficient (Wildman–Crippen LogP) is 2.77. The van der Waals surface area contributed by atoms with E-state index in [4.69, 9.17) is 0 Å². The van der Waals surface area contributed by atoms with Gasteiger partial charge in [0.15, 0.2) is 0 Å². The van der Waals surface area contributed by atoms with E-state index in [1.165, 1.54) is 12.1 Å².